The first-order valence-corrected chi connectivity index (χ1v) is 12.0. The zero-order valence-corrected chi connectivity index (χ0v) is 22.4. The van der Waals surface area contributed by atoms with E-state index in [2.05, 4.69) is 32.7 Å². The Kier molecular flexibility index (Phi) is 9.76. The van der Waals surface area contributed by atoms with Crippen LogP contribution in [0.4, 0.5) is 0 Å². The quantitative estimate of drug-likeness (QED) is 0.161. The number of benzene rings is 1. The molecule has 0 saturated carbocycles. The van der Waals surface area contributed by atoms with Crippen molar-refractivity contribution in [2.75, 3.05) is 0 Å². The van der Waals surface area contributed by atoms with Gasteiger partial charge in [-0.15, -0.1) is 0 Å². The fourth-order valence-corrected chi connectivity index (χ4v) is 3.25. The minimum atomic E-state index is -0.499. The van der Waals surface area contributed by atoms with Crippen LogP contribution in [-0.2, 0) is 9.31 Å². The summed E-state index contributed by atoms with van der Waals surface area (Å²) in [5.41, 5.74) is 3.94. The molecule has 1 aromatic rings. The van der Waals surface area contributed by atoms with E-state index in [1.165, 1.54) is 0 Å². The van der Waals surface area contributed by atoms with Gasteiger partial charge >= 0.3 is 7.12 Å². The number of hydrogen-bond acceptors (Lipinski definition) is 3. The Balaban J connectivity index is 2.29. The summed E-state index contributed by atoms with van der Waals surface area (Å²) < 4.78 is 12.1. The van der Waals surface area contributed by atoms with Crippen LogP contribution in [0.15, 0.2) is 113 Å². The van der Waals surface area contributed by atoms with Gasteiger partial charge in [0.2, 0.25) is 0 Å². The van der Waals surface area contributed by atoms with Gasteiger partial charge < -0.3 is 9.31 Å². The highest BCUT2D eigenvalue weighted by molar-refractivity contribution is 6.55. The van der Waals surface area contributed by atoms with E-state index in [1.807, 2.05) is 96.2 Å². The number of aliphatic imine (C=N–C) groups is 2. The van der Waals surface area contributed by atoms with Crippen molar-refractivity contribution in [3.05, 3.63) is 108 Å². The van der Waals surface area contributed by atoms with Crippen molar-refractivity contribution in [2.24, 2.45) is 9.98 Å². The number of nitrogens with zero attached hydrogens (tertiary/aromatic N) is 2. The van der Waals surface area contributed by atoms with Gasteiger partial charge in [-0.2, -0.15) is 0 Å². The topological polar surface area (TPSA) is 43.2 Å². The second-order valence-electron chi connectivity index (χ2n) is 9.53. The average Bonchev–Trinajstić information content (AvgIpc) is 3.03. The van der Waals surface area contributed by atoms with E-state index in [1.54, 1.807) is 0 Å². The first-order valence-electron chi connectivity index (χ1n) is 12.0. The van der Waals surface area contributed by atoms with Crippen molar-refractivity contribution >= 4 is 18.7 Å². The van der Waals surface area contributed by atoms with Gasteiger partial charge in [-0.1, -0.05) is 87.4 Å². The molecule has 1 fully saturated rings. The lowest BCUT2D eigenvalue weighted by molar-refractivity contribution is 0.00578. The Hall–Kier alpha value is -3.02. The molecule has 1 aromatic carbocycles. The highest BCUT2D eigenvalue weighted by atomic mass is 16.7. The van der Waals surface area contributed by atoms with E-state index in [0.717, 1.165) is 34.3 Å². The third-order valence-electron chi connectivity index (χ3n) is 6.17. The monoisotopic (exact) mass is 470 g/mol. The minimum Gasteiger partial charge on any atom is -0.399 e. The van der Waals surface area contributed by atoms with Gasteiger partial charge in [0, 0.05) is 11.3 Å². The second kappa shape index (κ2) is 12.1. The summed E-state index contributed by atoms with van der Waals surface area (Å²) in [6, 6.07) is 9.88. The molecule has 2 rings (SSSR count). The Morgan fingerprint density at radius 2 is 1.54 bits per heavy atom. The molecule has 184 valence electrons. The van der Waals surface area contributed by atoms with E-state index in [9.17, 15) is 0 Å². The van der Waals surface area contributed by atoms with Crippen LogP contribution >= 0.6 is 0 Å². The molecule has 0 aliphatic carbocycles. The van der Waals surface area contributed by atoms with Crippen LogP contribution in [0.3, 0.4) is 0 Å². The molecule has 0 atom stereocenters. The molecule has 5 heteroatoms. The molecular formula is C30H39BN2O2. The SMILES string of the molecule is C=C(/C=C\C(=C)C(C)=NC(=NC(=C)C(/C=C\C)=C/CC)c1ccccc1)B1OC(C)(C)C(C)(C)O1. The summed E-state index contributed by atoms with van der Waals surface area (Å²) >= 11 is 0. The highest BCUT2D eigenvalue weighted by Crippen LogP contribution is 2.38. The van der Waals surface area contributed by atoms with Crippen molar-refractivity contribution in [1.29, 1.82) is 0 Å². The number of hydrogen-bond donors (Lipinski definition) is 0. The zero-order valence-electron chi connectivity index (χ0n) is 22.4. The smallest absolute Gasteiger partial charge is 0.399 e. The van der Waals surface area contributed by atoms with E-state index < -0.39 is 18.3 Å². The normalized spacial score (nSPS) is 18.5. The van der Waals surface area contributed by atoms with Gasteiger partial charge in [0.1, 0.15) is 0 Å². The van der Waals surface area contributed by atoms with Gasteiger partial charge in [-0.25, -0.2) is 9.98 Å². The Morgan fingerprint density at radius 1 is 0.943 bits per heavy atom. The number of rotatable bonds is 9. The maximum atomic E-state index is 6.07. The molecule has 0 amide bonds. The van der Waals surface area contributed by atoms with Gasteiger partial charge in [0.25, 0.3) is 0 Å². The van der Waals surface area contributed by atoms with Gasteiger partial charge in [-0.3, -0.25) is 0 Å². The van der Waals surface area contributed by atoms with Crippen LogP contribution < -0.4 is 0 Å². The zero-order chi connectivity index (χ0) is 26.2. The molecule has 1 aliphatic heterocycles. The van der Waals surface area contributed by atoms with Gasteiger partial charge in [0.05, 0.1) is 16.9 Å². The van der Waals surface area contributed by atoms with Crippen molar-refractivity contribution < 1.29 is 9.31 Å². The minimum absolute atomic E-state index is 0.412. The standard InChI is InChI=1S/C30H39BN2O2/c1-11-16-26(17-12-2)25(6)33-28(27-18-14-13-15-19-27)32-24(5)22(3)20-21-23(4)31-34-29(7,8)30(9,10)35-31/h11,13-21H,3-4,6,12H2,1-2,5,7-10H3/b16-11-,21-20-,26-17+,32-24?,33-28?. The van der Waals surface area contributed by atoms with Crippen molar-refractivity contribution in [3.63, 3.8) is 0 Å². The van der Waals surface area contributed by atoms with Gasteiger partial charge in [-0.05, 0) is 64.6 Å². The van der Waals surface area contributed by atoms with E-state index in [4.69, 9.17) is 19.3 Å². The Labute approximate surface area is 212 Å². The molecule has 0 unspecified atom stereocenters. The van der Waals surface area contributed by atoms with Crippen molar-refractivity contribution in [2.45, 2.75) is 66.1 Å². The van der Waals surface area contributed by atoms with E-state index >= 15 is 0 Å². The van der Waals surface area contributed by atoms with E-state index in [-0.39, 0.29) is 0 Å². The lowest BCUT2D eigenvalue weighted by Crippen LogP contribution is -2.41. The van der Waals surface area contributed by atoms with Crippen LogP contribution in [-0.4, -0.2) is 29.9 Å². The summed E-state index contributed by atoms with van der Waals surface area (Å²) in [7, 11) is -0.499. The first kappa shape index (κ1) is 28.2. The maximum absolute atomic E-state index is 6.07. The number of allylic oxidation sites excluding steroid dienone is 7. The molecule has 0 N–H and O–H groups in total. The summed E-state index contributed by atoms with van der Waals surface area (Å²) in [5, 5.41) is 0. The molecular weight excluding hydrogens is 431 g/mol. The summed E-state index contributed by atoms with van der Waals surface area (Å²) in [6.07, 6.45) is 10.7. The highest BCUT2D eigenvalue weighted by Gasteiger charge is 2.51. The molecule has 1 saturated heterocycles. The number of amidine groups is 1. The van der Waals surface area contributed by atoms with Crippen LogP contribution in [0, 0.1) is 0 Å². The molecule has 4 nitrogen and oxygen atoms in total. The van der Waals surface area contributed by atoms with Crippen LogP contribution in [0.2, 0.25) is 0 Å². The maximum Gasteiger partial charge on any atom is 0.494 e. The molecule has 0 radical (unpaired) electrons. The fourth-order valence-electron chi connectivity index (χ4n) is 3.25. The van der Waals surface area contributed by atoms with Crippen LogP contribution in [0.5, 0.6) is 0 Å². The Morgan fingerprint density at radius 3 is 2.09 bits per heavy atom. The molecule has 35 heavy (non-hydrogen) atoms. The predicted octanol–water partition coefficient (Wildman–Crippen LogP) is 7.62. The average molecular weight is 470 g/mol. The first-order chi connectivity index (χ1) is 16.4. The largest absolute Gasteiger partial charge is 0.494 e. The van der Waals surface area contributed by atoms with E-state index in [0.29, 0.717) is 11.5 Å². The van der Waals surface area contributed by atoms with Crippen molar-refractivity contribution in [1.82, 2.24) is 0 Å². The summed E-state index contributed by atoms with van der Waals surface area (Å²) in [4.78, 5) is 9.61. The third-order valence-corrected chi connectivity index (χ3v) is 6.17. The second-order valence-corrected chi connectivity index (χ2v) is 9.53. The molecule has 0 bridgehead atoms. The summed E-state index contributed by atoms with van der Waals surface area (Å²) in [6.45, 7) is 26.6. The van der Waals surface area contributed by atoms with Crippen LogP contribution in [0.1, 0.15) is 60.5 Å². The molecule has 1 aliphatic rings. The Bertz CT molecular complexity index is 1090. The third kappa shape index (κ3) is 7.48. The molecule has 1 heterocycles. The van der Waals surface area contributed by atoms with Crippen molar-refractivity contribution in [3.8, 4) is 0 Å². The van der Waals surface area contributed by atoms with Crippen LogP contribution in [0.25, 0.3) is 0 Å². The molecule has 0 aromatic heterocycles. The fraction of sp³-hybridized carbons (Fsp3) is 0.333. The molecule has 0 spiro atoms. The predicted molar refractivity (Wildman–Crippen MR) is 152 cm³/mol. The summed E-state index contributed by atoms with van der Waals surface area (Å²) in [5.74, 6) is 0.582. The lowest BCUT2D eigenvalue weighted by Gasteiger charge is -2.32. The van der Waals surface area contributed by atoms with Gasteiger partial charge in [0.15, 0.2) is 5.84 Å². The lowest BCUT2D eigenvalue weighted by atomic mass is 9.79.